The average molecular weight is 245 g/mol. The Labute approximate surface area is 95.3 Å². The van der Waals surface area contributed by atoms with Gasteiger partial charge in [0.15, 0.2) is 0 Å². The first-order valence-corrected chi connectivity index (χ1v) is 5.01. The third kappa shape index (κ3) is 1.99. The lowest BCUT2D eigenvalue weighted by atomic mass is 9.97. The predicted octanol–water partition coefficient (Wildman–Crippen LogP) is 2.46. The summed E-state index contributed by atoms with van der Waals surface area (Å²) < 4.78 is 36.8. The van der Waals surface area contributed by atoms with E-state index in [-0.39, 0.29) is 0 Å². The zero-order chi connectivity index (χ0) is 12.8. The molecule has 1 N–H and O–H groups in total. The number of hydrogen-bond donors (Lipinski definition) is 1. The molecule has 1 aliphatic rings. The van der Waals surface area contributed by atoms with Crippen LogP contribution in [0.25, 0.3) is 0 Å². The van der Waals surface area contributed by atoms with E-state index in [4.69, 9.17) is 5.11 Å². The average Bonchev–Trinajstić information content (AvgIpc) is 2.92. The van der Waals surface area contributed by atoms with Crippen molar-refractivity contribution in [2.24, 2.45) is 5.92 Å². The summed E-state index contributed by atoms with van der Waals surface area (Å²) in [5.41, 5.74) is -1.00. The lowest BCUT2D eigenvalue weighted by Crippen LogP contribution is -2.13. The second-order valence-electron chi connectivity index (χ2n) is 4.44. The highest BCUT2D eigenvalue weighted by Crippen LogP contribution is 2.53. The smallest absolute Gasteiger partial charge is 0.433 e. The highest BCUT2D eigenvalue weighted by atomic mass is 19.4. The SMILES string of the molecule is C[C@@]1(c2ccc(C(F)(F)F)nc2)C[C@H]1C(=O)O. The van der Waals surface area contributed by atoms with Gasteiger partial charge in [-0.3, -0.25) is 9.78 Å². The molecule has 2 atom stereocenters. The molecule has 0 radical (unpaired) electrons. The molecule has 1 saturated carbocycles. The number of pyridine rings is 1. The van der Waals surface area contributed by atoms with Crippen LogP contribution in [0.15, 0.2) is 18.3 Å². The number of carboxylic acid groups (broad SMARTS) is 1. The number of alkyl halides is 3. The standard InChI is InChI=1S/C11H10F3NO2/c1-10(4-7(10)9(16)17)6-2-3-8(15-5-6)11(12,13)14/h2-3,5,7H,4H2,1H3,(H,16,17)/t7-,10-/m0/s1. The van der Waals surface area contributed by atoms with Gasteiger partial charge >= 0.3 is 12.1 Å². The van der Waals surface area contributed by atoms with E-state index in [0.29, 0.717) is 12.0 Å². The van der Waals surface area contributed by atoms with Crippen molar-refractivity contribution in [2.75, 3.05) is 0 Å². The van der Waals surface area contributed by atoms with E-state index in [1.807, 2.05) is 0 Å². The Kier molecular flexibility index (Phi) is 2.41. The minimum absolute atomic E-state index is 0.440. The molecule has 17 heavy (non-hydrogen) atoms. The van der Waals surface area contributed by atoms with Crippen LogP contribution in [-0.2, 0) is 16.4 Å². The van der Waals surface area contributed by atoms with Gasteiger partial charge in [-0.2, -0.15) is 13.2 Å². The van der Waals surface area contributed by atoms with E-state index in [2.05, 4.69) is 4.98 Å². The van der Waals surface area contributed by atoms with Gasteiger partial charge in [-0.05, 0) is 18.1 Å². The van der Waals surface area contributed by atoms with Gasteiger partial charge < -0.3 is 5.11 Å². The number of aliphatic carboxylic acids is 1. The Balaban J connectivity index is 2.23. The van der Waals surface area contributed by atoms with Gasteiger partial charge in [0.2, 0.25) is 0 Å². The molecule has 1 fully saturated rings. The Hall–Kier alpha value is -1.59. The summed E-state index contributed by atoms with van der Waals surface area (Å²) in [6.45, 7) is 1.72. The fraction of sp³-hybridized carbons (Fsp3) is 0.455. The van der Waals surface area contributed by atoms with Crippen LogP contribution in [0.1, 0.15) is 24.6 Å². The summed E-state index contributed by atoms with van der Waals surface area (Å²) in [5.74, 6) is -1.45. The molecule has 0 bridgehead atoms. The number of halogens is 3. The van der Waals surface area contributed by atoms with Crippen LogP contribution < -0.4 is 0 Å². The van der Waals surface area contributed by atoms with Gasteiger partial charge in [-0.25, -0.2) is 0 Å². The molecule has 0 aliphatic heterocycles. The molecule has 0 amide bonds. The first-order chi connectivity index (χ1) is 7.75. The van der Waals surface area contributed by atoms with Crippen LogP contribution in [0, 0.1) is 5.92 Å². The molecule has 1 aromatic heterocycles. The first-order valence-electron chi connectivity index (χ1n) is 5.01. The van der Waals surface area contributed by atoms with Gasteiger partial charge in [0.25, 0.3) is 0 Å². The predicted molar refractivity (Wildman–Crippen MR) is 52.3 cm³/mol. The maximum Gasteiger partial charge on any atom is 0.433 e. The molecular formula is C11H10F3NO2. The second kappa shape index (κ2) is 3.45. The summed E-state index contributed by atoms with van der Waals surface area (Å²) in [6.07, 6.45) is -2.91. The van der Waals surface area contributed by atoms with Crippen LogP contribution in [-0.4, -0.2) is 16.1 Å². The molecule has 1 heterocycles. The van der Waals surface area contributed by atoms with Gasteiger partial charge in [0.1, 0.15) is 5.69 Å². The van der Waals surface area contributed by atoms with Gasteiger partial charge in [-0.1, -0.05) is 13.0 Å². The summed E-state index contributed by atoms with van der Waals surface area (Å²) in [7, 11) is 0. The fourth-order valence-electron chi connectivity index (χ4n) is 1.94. The van der Waals surface area contributed by atoms with Crippen molar-refractivity contribution in [3.05, 3.63) is 29.6 Å². The molecule has 2 rings (SSSR count). The van der Waals surface area contributed by atoms with Crippen molar-refractivity contribution in [3.63, 3.8) is 0 Å². The number of aromatic nitrogens is 1. The Morgan fingerprint density at radius 3 is 2.53 bits per heavy atom. The molecule has 0 spiro atoms. The summed E-state index contributed by atoms with van der Waals surface area (Å²) in [5, 5.41) is 8.83. The fourth-order valence-corrected chi connectivity index (χ4v) is 1.94. The minimum atomic E-state index is -4.46. The number of hydrogen-bond acceptors (Lipinski definition) is 2. The van der Waals surface area contributed by atoms with Gasteiger partial charge in [0.05, 0.1) is 5.92 Å². The first kappa shape index (κ1) is 11.9. The molecular weight excluding hydrogens is 235 g/mol. The highest BCUT2D eigenvalue weighted by Gasteiger charge is 2.56. The van der Waals surface area contributed by atoms with Crippen LogP contribution >= 0.6 is 0 Å². The van der Waals surface area contributed by atoms with Gasteiger partial charge in [-0.15, -0.1) is 0 Å². The molecule has 1 aliphatic carbocycles. The number of carboxylic acids is 1. The van der Waals surface area contributed by atoms with Crippen molar-refractivity contribution in [1.82, 2.24) is 4.98 Å². The quantitative estimate of drug-likeness (QED) is 0.870. The third-order valence-electron chi connectivity index (χ3n) is 3.25. The summed E-state index contributed by atoms with van der Waals surface area (Å²) in [4.78, 5) is 14.1. The topological polar surface area (TPSA) is 50.2 Å². The van der Waals surface area contributed by atoms with Gasteiger partial charge in [0, 0.05) is 11.6 Å². The van der Waals surface area contributed by atoms with Crippen LogP contribution in [0.3, 0.4) is 0 Å². The molecule has 0 aromatic carbocycles. The normalized spacial score (nSPS) is 27.9. The highest BCUT2D eigenvalue weighted by molar-refractivity contribution is 5.76. The molecule has 0 unspecified atom stereocenters. The molecule has 1 aromatic rings. The molecule has 0 saturated heterocycles. The van der Waals surface area contributed by atoms with Crippen LogP contribution in [0.5, 0.6) is 0 Å². The van der Waals surface area contributed by atoms with E-state index >= 15 is 0 Å². The largest absolute Gasteiger partial charge is 0.481 e. The number of carbonyl (C=O) groups is 1. The lowest BCUT2D eigenvalue weighted by molar-refractivity contribution is -0.141. The Bertz CT molecular complexity index is 455. The molecule has 3 nitrogen and oxygen atoms in total. The Morgan fingerprint density at radius 1 is 1.53 bits per heavy atom. The van der Waals surface area contributed by atoms with E-state index in [1.165, 1.54) is 6.07 Å². The van der Waals surface area contributed by atoms with E-state index in [1.54, 1.807) is 6.92 Å². The number of rotatable bonds is 2. The van der Waals surface area contributed by atoms with Crippen molar-refractivity contribution < 1.29 is 23.1 Å². The van der Waals surface area contributed by atoms with E-state index in [0.717, 1.165) is 12.3 Å². The third-order valence-corrected chi connectivity index (χ3v) is 3.25. The van der Waals surface area contributed by atoms with Crippen molar-refractivity contribution >= 4 is 5.97 Å². The second-order valence-corrected chi connectivity index (χ2v) is 4.44. The Morgan fingerprint density at radius 2 is 2.18 bits per heavy atom. The van der Waals surface area contributed by atoms with Crippen molar-refractivity contribution in [3.8, 4) is 0 Å². The monoisotopic (exact) mass is 245 g/mol. The van der Waals surface area contributed by atoms with Crippen LogP contribution in [0.2, 0.25) is 0 Å². The zero-order valence-corrected chi connectivity index (χ0v) is 8.95. The maximum atomic E-state index is 12.3. The summed E-state index contributed by atoms with van der Waals surface area (Å²) >= 11 is 0. The zero-order valence-electron chi connectivity index (χ0n) is 8.95. The maximum absolute atomic E-state index is 12.3. The van der Waals surface area contributed by atoms with Crippen molar-refractivity contribution in [2.45, 2.75) is 24.9 Å². The number of nitrogens with zero attached hydrogens (tertiary/aromatic N) is 1. The minimum Gasteiger partial charge on any atom is -0.481 e. The van der Waals surface area contributed by atoms with Crippen molar-refractivity contribution in [1.29, 1.82) is 0 Å². The molecule has 6 heteroatoms. The van der Waals surface area contributed by atoms with Crippen LogP contribution in [0.4, 0.5) is 13.2 Å². The van der Waals surface area contributed by atoms with E-state index in [9.17, 15) is 18.0 Å². The molecule has 92 valence electrons. The summed E-state index contributed by atoms with van der Waals surface area (Å²) in [6, 6.07) is 2.19. The lowest BCUT2D eigenvalue weighted by Gasteiger charge is -2.11. The van der Waals surface area contributed by atoms with E-state index < -0.39 is 29.2 Å².